The summed E-state index contributed by atoms with van der Waals surface area (Å²) >= 11 is 0. The van der Waals surface area contributed by atoms with Crippen LogP contribution >= 0.6 is 0 Å². The molecule has 0 radical (unpaired) electrons. The molecule has 21 heavy (non-hydrogen) atoms. The summed E-state index contributed by atoms with van der Waals surface area (Å²) in [6.45, 7) is 9.13. The fourth-order valence-corrected chi connectivity index (χ4v) is 2.46. The van der Waals surface area contributed by atoms with Crippen molar-refractivity contribution >= 4 is 17.5 Å². The van der Waals surface area contributed by atoms with E-state index in [2.05, 4.69) is 24.1 Å². The van der Waals surface area contributed by atoms with Gasteiger partial charge in [0.15, 0.2) is 5.78 Å². The summed E-state index contributed by atoms with van der Waals surface area (Å²) < 4.78 is 0. The van der Waals surface area contributed by atoms with E-state index in [-0.39, 0.29) is 11.8 Å². The second-order valence-corrected chi connectivity index (χ2v) is 5.68. The summed E-state index contributed by atoms with van der Waals surface area (Å²) in [6, 6.07) is 7.46. The maximum atomic E-state index is 12.2. The van der Waals surface area contributed by atoms with Crippen LogP contribution in [-0.4, -0.2) is 53.8 Å². The van der Waals surface area contributed by atoms with Gasteiger partial charge in [0, 0.05) is 43.5 Å². The van der Waals surface area contributed by atoms with E-state index < -0.39 is 0 Å². The first-order valence-electron chi connectivity index (χ1n) is 7.38. The van der Waals surface area contributed by atoms with Crippen LogP contribution in [0.3, 0.4) is 0 Å². The maximum absolute atomic E-state index is 12.2. The van der Waals surface area contributed by atoms with Crippen molar-refractivity contribution in [1.29, 1.82) is 0 Å². The van der Waals surface area contributed by atoms with Crippen molar-refractivity contribution in [3.8, 4) is 0 Å². The summed E-state index contributed by atoms with van der Waals surface area (Å²) in [4.78, 5) is 27.8. The highest BCUT2D eigenvalue weighted by Crippen LogP contribution is 2.13. The van der Waals surface area contributed by atoms with E-state index in [0.29, 0.717) is 17.3 Å². The van der Waals surface area contributed by atoms with Gasteiger partial charge in [0.2, 0.25) is 0 Å². The van der Waals surface area contributed by atoms with Gasteiger partial charge in [0.25, 0.3) is 0 Å². The molecule has 0 aromatic heterocycles. The maximum Gasteiger partial charge on any atom is 0.321 e. The zero-order valence-electron chi connectivity index (χ0n) is 12.9. The second-order valence-electron chi connectivity index (χ2n) is 5.68. The van der Waals surface area contributed by atoms with Crippen LogP contribution in [0, 0.1) is 0 Å². The van der Waals surface area contributed by atoms with Gasteiger partial charge >= 0.3 is 6.03 Å². The van der Waals surface area contributed by atoms with Crippen LogP contribution in [0.25, 0.3) is 0 Å². The first-order chi connectivity index (χ1) is 9.97. The highest BCUT2D eigenvalue weighted by atomic mass is 16.2. The SMILES string of the molecule is CC(=O)c1cccc(NC(=O)N2CCN(C(C)C)CC2)c1. The van der Waals surface area contributed by atoms with E-state index >= 15 is 0 Å². The minimum absolute atomic E-state index is 0.00310. The van der Waals surface area contributed by atoms with Crippen LogP contribution in [0.1, 0.15) is 31.1 Å². The van der Waals surface area contributed by atoms with Crippen LogP contribution in [-0.2, 0) is 0 Å². The van der Waals surface area contributed by atoms with Crippen LogP contribution in [0.15, 0.2) is 24.3 Å². The van der Waals surface area contributed by atoms with Crippen molar-refractivity contribution < 1.29 is 9.59 Å². The highest BCUT2D eigenvalue weighted by Gasteiger charge is 2.22. The predicted molar refractivity (Wildman–Crippen MR) is 83.7 cm³/mol. The second kappa shape index (κ2) is 6.72. The fraction of sp³-hybridized carbons (Fsp3) is 0.500. The van der Waals surface area contributed by atoms with Gasteiger partial charge in [0.05, 0.1) is 0 Å². The molecule has 5 heteroatoms. The number of urea groups is 1. The van der Waals surface area contributed by atoms with Gasteiger partial charge < -0.3 is 10.2 Å². The van der Waals surface area contributed by atoms with Crippen LogP contribution < -0.4 is 5.32 Å². The minimum atomic E-state index is -0.0980. The van der Waals surface area contributed by atoms with Crippen LogP contribution in [0.2, 0.25) is 0 Å². The van der Waals surface area contributed by atoms with Crippen LogP contribution in [0.4, 0.5) is 10.5 Å². The van der Waals surface area contributed by atoms with Gasteiger partial charge in [-0.15, -0.1) is 0 Å². The fourth-order valence-electron chi connectivity index (χ4n) is 2.46. The number of anilines is 1. The number of nitrogens with one attached hydrogen (secondary N) is 1. The molecule has 1 saturated heterocycles. The molecular formula is C16H23N3O2. The lowest BCUT2D eigenvalue weighted by molar-refractivity contribution is 0.101. The highest BCUT2D eigenvalue weighted by molar-refractivity contribution is 5.96. The predicted octanol–water partition coefficient (Wildman–Crippen LogP) is 2.45. The largest absolute Gasteiger partial charge is 0.322 e. The summed E-state index contributed by atoms with van der Waals surface area (Å²) in [5.41, 5.74) is 1.27. The number of ketones is 1. The normalized spacial score (nSPS) is 16.1. The van der Waals surface area contributed by atoms with E-state index in [1.54, 1.807) is 24.3 Å². The van der Waals surface area contributed by atoms with Crippen molar-refractivity contribution in [2.24, 2.45) is 0 Å². The molecule has 0 spiro atoms. The number of amides is 2. The Morgan fingerprint density at radius 1 is 1.14 bits per heavy atom. The summed E-state index contributed by atoms with van der Waals surface area (Å²) in [5.74, 6) is -0.00310. The van der Waals surface area contributed by atoms with E-state index in [0.717, 1.165) is 26.2 Å². The molecule has 114 valence electrons. The van der Waals surface area contributed by atoms with Gasteiger partial charge in [-0.1, -0.05) is 12.1 Å². The number of nitrogens with zero attached hydrogens (tertiary/aromatic N) is 2. The topological polar surface area (TPSA) is 52.7 Å². The summed E-state index contributed by atoms with van der Waals surface area (Å²) in [6.07, 6.45) is 0. The smallest absolute Gasteiger partial charge is 0.321 e. The number of carbonyl (C=O) groups excluding carboxylic acids is 2. The molecule has 1 aliphatic rings. The Bertz CT molecular complexity index is 520. The average molecular weight is 289 g/mol. The lowest BCUT2D eigenvalue weighted by Crippen LogP contribution is -2.51. The molecule has 0 atom stereocenters. The molecule has 0 unspecified atom stereocenters. The molecule has 2 amide bonds. The van der Waals surface area contributed by atoms with Gasteiger partial charge in [0.1, 0.15) is 0 Å². The quantitative estimate of drug-likeness (QED) is 0.870. The number of benzene rings is 1. The molecule has 1 fully saturated rings. The Balaban J connectivity index is 1.93. The Morgan fingerprint density at radius 2 is 1.81 bits per heavy atom. The Hall–Kier alpha value is -1.88. The monoisotopic (exact) mass is 289 g/mol. The number of hydrogen-bond donors (Lipinski definition) is 1. The summed E-state index contributed by atoms with van der Waals surface area (Å²) in [5, 5.41) is 2.87. The first-order valence-corrected chi connectivity index (χ1v) is 7.38. The van der Waals surface area contributed by atoms with Gasteiger partial charge in [-0.05, 0) is 32.9 Å². The lowest BCUT2D eigenvalue weighted by Gasteiger charge is -2.36. The third-order valence-electron chi connectivity index (χ3n) is 3.85. The number of hydrogen-bond acceptors (Lipinski definition) is 3. The van der Waals surface area contributed by atoms with Gasteiger partial charge in [-0.2, -0.15) is 0 Å². The van der Waals surface area contributed by atoms with Gasteiger partial charge in [-0.25, -0.2) is 4.79 Å². The Morgan fingerprint density at radius 3 is 2.38 bits per heavy atom. The van der Waals surface area contributed by atoms with Crippen molar-refractivity contribution in [3.05, 3.63) is 29.8 Å². The molecule has 1 aromatic carbocycles. The standard InChI is InChI=1S/C16H23N3O2/c1-12(2)18-7-9-19(10-8-18)16(21)17-15-6-4-5-14(11-15)13(3)20/h4-6,11-12H,7-10H2,1-3H3,(H,17,21). The van der Waals surface area contributed by atoms with E-state index in [4.69, 9.17) is 0 Å². The number of rotatable bonds is 3. The number of carbonyl (C=O) groups is 2. The van der Waals surface area contributed by atoms with Crippen LogP contribution in [0.5, 0.6) is 0 Å². The van der Waals surface area contributed by atoms with E-state index in [1.807, 2.05) is 4.90 Å². The average Bonchev–Trinajstić information content (AvgIpc) is 2.47. The molecule has 0 saturated carbocycles. The molecule has 1 heterocycles. The molecular weight excluding hydrogens is 266 g/mol. The van der Waals surface area contributed by atoms with Gasteiger partial charge in [-0.3, -0.25) is 9.69 Å². The lowest BCUT2D eigenvalue weighted by atomic mass is 10.1. The Kier molecular flexibility index (Phi) is 4.96. The molecule has 0 aliphatic carbocycles. The molecule has 0 bridgehead atoms. The number of Topliss-reactive ketones (excluding diaryl/α,β-unsaturated/α-hetero) is 1. The zero-order chi connectivity index (χ0) is 15.4. The molecule has 1 aliphatic heterocycles. The minimum Gasteiger partial charge on any atom is -0.322 e. The van der Waals surface area contributed by atoms with Crippen molar-refractivity contribution in [2.45, 2.75) is 26.8 Å². The molecule has 5 nitrogen and oxygen atoms in total. The van der Waals surface area contributed by atoms with Crippen molar-refractivity contribution in [1.82, 2.24) is 9.80 Å². The van der Waals surface area contributed by atoms with Crippen molar-refractivity contribution in [3.63, 3.8) is 0 Å². The summed E-state index contributed by atoms with van der Waals surface area (Å²) in [7, 11) is 0. The third kappa shape index (κ3) is 4.04. The van der Waals surface area contributed by atoms with Crippen molar-refractivity contribution in [2.75, 3.05) is 31.5 Å². The molecule has 2 rings (SSSR count). The molecule has 1 N–H and O–H groups in total. The zero-order valence-corrected chi connectivity index (χ0v) is 12.9. The Labute approximate surface area is 125 Å². The van der Waals surface area contributed by atoms with E-state index in [1.165, 1.54) is 6.92 Å². The number of piperazine rings is 1. The third-order valence-corrected chi connectivity index (χ3v) is 3.85. The molecule has 1 aromatic rings. The first kappa shape index (κ1) is 15.5. The van der Waals surface area contributed by atoms with E-state index in [9.17, 15) is 9.59 Å².